The second-order valence-corrected chi connectivity index (χ2v) is 5.84. The van der Waals surface area contributed by atoms with Gasteiger partial charge in [-0.05, 0) is 36.4 Å². The number of hydrogen-bond donors (Lipinski definition) is 2. The molecule has 142 valence electrons. The second-order valence-electron chi connectivity index (χ2n) is 5.84. The maximum atomic E-state index is 12.2. The Hall–Kier alpha value is -4.01. The van der Waals surface area contributed by atoms with E-state index in [9.17, 15) is 14.4 Å². The van der Waals surface area contributed by atoms with E-state index in [1.54, 1.807) is 48.7 Å². The Morgan fingerprint density at radius 2 is 1.89 bits per heavy atom. The first-order chi connectivity index (χ1) is 13.5. The van der Waals surface area contributed by atoms with Crippen LogP contribution in [0.15, 0.2) is 54.7 Å². The zero-order valence-corrected chi connectivity index (χ0v) is 14.7. The summed E-state index contributed by atoms with van der Waals surface area (Å²) in [6, 6.07) is 13.1. The van der Waals surface area contributed by atoms with Crippen molar-refractivity contribution in [2.24, 2.45) is 5.73 Å². The summed E-state index contributed by atoms with van der Waals surface area (Å²) >= 11 is 0. The number of para-hydroxylation sites is 1. The van der Waals surface area contributed by atoms with Crippen LogP contribution in [0.25, 0.3) is 0 Å². The van der Waals surface area contributed by atoms with E-state index in [2.05, 4.69) is 15.6 Å². The van der Waals surface area contributed by atoms with E-state index in [-0.39, 0.29) is 24.6 Å². The number of hydrogen-bond acceptors (Lipinski definition) is 6. The molecule has 1 aromatic heterocycles. The first-order valence-electron chi connectivity index (χ1n) is 8.31. The molecule has 3 N–H and O–H groups in total. The van der Waals surface area contributed by atoms with Crippen molar-refractivity contribution in [1.29, 1.82) is 0 Å². The molecule has 0 saturated heterocycles. The maximum Gasteiger partial charge on any atom is 0.250 e. The predicted molar refractivity (Wildman–Crippen MR) is 99.8 cm³/mol. The molecule has 0 radical (unpaired) electrons. The lowest BCUT2D eigenvalue weighted by atomic mass is 10.1. The van der Waals surface area contributed by atoms with Crippen molar-refractivity contribution in [3.63, 3.8) is 0 Å². The molecular weight excluding hydrogens is 362 g/mol. The molecule has 0 spiro atoms. The number of carbonyl (C=O) groups is 3. The average Bonchev–Trinajstić information content (AvgIpc) is 3.14. The van der Waals surface area contributed by atoms with E-state index in [0.717, 1.165) is 6.29 Å². The first-order valence-corrected chi connectivity index (χ1v) is 8.31. The third-order valence-electron chi connectivity index (χ3n) is 3.76. The number of carbonyl (C=O) groups excluding carboxylic acids is 3. The number of nitrogens with zero attached hydrogens (tertiary/aromatic N) is 3. The molecule has 0 atom stereocenters. The monoisotopic (exact) mass is 379 g/mol. The Kier molecular flexibility index (Phi) is 5.75. The second kappa shape index (κ2) is 8.58. The van der Waals surface area contributed by atoms with E-state index in [1.807, 2.05) is 0 Å². The number of ether oxygens (including phenoxy) is 1. The van der Waals surface area contributed by atoms with Crippen LogP contribution >= 0.6 is 0 Å². The molecule has 0 bridgehead atoms. The number of nitrogens with two attached hydrogens (primary N) is 1. The Morgan fingerprint density at radius 3 is 2.61 bits per heavy atom. The number of rotatable bonds is 8. The summed E-state index contributed by atoms with van der Waals surface area (Å²) < 4.78 is 6.92. The van der Waals surface area contributed by atoms with Gasteiger partial charge in [0, 0.05) is 5.56 Å². The number of anilines is 1. The maximum absolute atomic E-state index is 12.2. The molecule has 0 aliphatic rings. The van der Waals surface area contributed by atoms with Crippen LogP contribution in [-0.2, 0) is 17.9 Å². The Labute approximate surface area is 160 Å². The molecule has 2 aromatic carbocycles. The largest absolute Gasteiger partial charge is 0.487 e. The van der Waals surface area contributed by atoms with Crippen molar-refractivity contribution >= 4 is 23.8 Å². The molecule has 0 unspecified atom stereocenters. The van der Waals surface area contributed by atoms with Gasteiger partial charge in [-0.25, -0.2) is 4.68 Å². The molecule has 0 aliphatic carbocycles. The number of aromatic nitrogens is 3. The van der Waals surface area contributed by atoms with Crippen molar-refractivity contribution < 1.29 is 19.1 Å². The van der Waals surface area contributed by atoms with Gasteiger partial charge >= 0.3 is 0 Å². The van der Waals surface area contributed by atoms with Crippen LogP contribution in [0.5, 0.6) is 5.75 Å². The van der Waals surface area contributed by atoms with Gasteiger partial charge in [0.1, 0.15) is 30.9 Å². The van der Waals surface area contributed by atoms with E-state index in [1.165, 1.54) is 10.7 Å². The Balaban J connectivity index is 1.56. The minimum absolute atomic E-state index is 0.0892. The van der Waals surface area contributed by atoms with E-state index < -0.39 is 5.91 Å². The molecule has 0 saturated carbocycles. The quantitative estimate of drug-likeness (QED) is 0.569. The lowest BCUT2D eigenvalue weighted by Gasteiger charge is -2.08. The third kappa shape index (κ3) is 4.79. The lowest BCUT2D eigenvalue weighted by molar-refractivity contribution is -0.116. The summed E-state index contributed by atoms with van der Waals surface area (Å²) in [6.07, 6.45) is 2.33. The van der Waals surface area contributed by atoms with Crippen molar-refractivity contribution in [2.45, 2.75) is 13.2 Å². The van der Waals surface area contributed by atoms with E-state index in [0.29, 0.717) is 22.7 Å². The third-order valence-corrected chi connectivity index (χ3v) is 3.76. The first kappa shape index (κ1) is 18.8. The fraction of sp³-hybridized carbons (Fsp3) is 0.105. The number of primary amides is 1. The summed E-state index contributed by atoms with van der Waals surface area (Å²) in [4.78, 5) is 34.2. The van der Waals surface area contributed by atoms with Crippen LogP contribution < -0.4 is 15.8 Å². The molecule has 0 fully saturated rings. The van der Waals surface area contributed by atoms with Crippen LogP contribution in [0.2, 0.25) is 0 Å². The highest BCUT2D eigenvalue weighted by molar-refractivity contribution is 6.02. The van der Waals surface area contributed by atoms with Crippen molar-refractivity contribution in [3.8, 4) is 5.75 Å². The fourth-order valence-corrected chi connectivity index (χ4v) is 2.43. The van der Waals surface area contributed by atoms with Crippen LogP contribution in [0.3, 0.4) is 0 Å². The molecule has 2 amide bonds. The van der Waals surface area contributed by atoms with Gasteiger partial charge in [-0.2, -0.15) is 0 Å². The standard InChI is InChI=1S/C19H17N5O4/c20-19(27)16-3-1-2-4-17(16)21-18(26)10-24-9-14(22-23-24)12-28-15-7-5-13(11-25)6-8-15/h1-9,11H,10,12H2,(H2,20,27)(H,21,26). The van der Waals surface area contributed by atoms with E-state index in [4.69, 9.17) is 10.5 Å². The van der Waals surface area contributed by atoms with Gasteiger partial charge in [0.2, 0.25) is 5.91 Å². The Morgan fingerprint density at radius 1 is 1.14 bits per heavy atom. The molecule has 9 nitrogen and oxygen atoms in total. The molecule has 9 heteroatoms. The molecule has 28 heavy (non-hydrogen) atoms. The average molecular weight is 379 g/mol. The summed E-state index contributed by atoms with van der Waals surface area (Å²) in [6.45, 7) is 0.0701. The minimum atomic E-state index is -0.628. The number of nitrogens with one attached hydrogen (secondary N) is 1. The van der Waals surface area contributed by atoms with Gasteiger partial charge in [-0.3, -0.25) is 14.4 Å². The van der Waals surface area contributed by atoms with Crippen LogP contribution in [0.1, 0.15) is 26.4 Å². The molecule has 1 heterocycles. The molecule has 3 aromatic rings. The fourth-order valence-electron chi connectivity index (χ4n) is 2.43. The molecule has 0 aliphatic heterocycles. The van der Waals surface area contributed by atoms with Gasteiger partial charge in [0.05, 0.1) is 17.4 Å². The van der Waals surface area contributed by atoms with Crippen molar-refractivity contribution in [1.82, 2.24) is 15.0 Å². The topological polar surface area (TPSA) is 129 Å². The summed E-state index contributed by atoms with van der Waals surface area (Å²) in [5.74, 6) is -0.422. The zero-order valence-electron chi connectivity index (χ0n) is 14.7. The van der Waals surface area contributed by atoms with Crippen LogP contribution in [0.4, 0.5) is 5.69 Å². The van der Waals surface area contributed by atoms with Gasteiger partial charge in [-0.1, -0.05) is 17.3 Å². The highest BCUT2D eigenvalue weighted by Gasteiger charge is 2.12. The van der Waals surface area contributed by atoms with Crippen molar-refractivity contribution in [2.75, 3.05) is 5.32 Å². The number of benzene rings is 2. The highest BCUT2D eigenvalue weighted by Crippen LogP contribution is 2.15. The SMILES string of the molecule is NC(=O)c1ccccc1NC(=O)Cn1cc(COc2ccc(C=O)cc2)nn1. The van der Waals surface area contributed by atoms with Gasteiger partial charge in [-0.15, -0.1) is 5.10 Å². The molecular formula is C19H17N5O4. The summed E-state index contributed by atoms with van der Waals surface area (Å²) in [7, 11) is 0. The van der Waals surface area contributed by atoms with E-state index >= 15 is 0 Å². The lowest BCUT2D eigenvalue weighted by Crippen LogP contribution is -2.22. The van der Waals surface area contributed by atoms with Crippen LogP contribution in [-0.4, -0.2) is 33.1 Å². The van der Waals surface area contributed by atoms with Gasteiger partial charge in [0.25, 0.3) is 5.91 Å². The Bertz CT molecular complexity index is 998. The smallest absolute Gasteiger partial charge is 0.250 e. The van der Waals surface area contributed by atoms with Crippen LogP contribution in [0, 0.1) is 0 Å². The van der Waals surface area contributed by atoms with Crippen molar-refractivity contribution in [3.05, 3.63) is 71.5 Å². The van der Waals surface area contributed by atoms with Gasteiger partial charge in [0.15, 0.2) is 0 Å². The predicted octanol–water partition coefficient (Wildman–Crippen LogP) is 1.41. The molecule has 3 rings (SSSR count). The summed E-state index contributed by atoms with van der Waals surface area (Å²) in [5, 5.41) is 10.5. The highest BCUT2D eigenvalue weighted by atomic mass is 16.5. The minimum Gasteiger partial charge on any atom is -0.487 e. The summed E-state index contributed by atoms with van der Waals surface area (Å²) in [5.41, 5.74) is 6.95. The number of amides is 2. The zero-order chi connectivity index (χ0) is 19.9. The van der Waals surface area contributed by atoms with Gasteiger partial charge < -0.3 is 15.8 Å². The number of aldehydes is 1. The normalized spacial score (nSPS) is 10.3.